The van der Waals surface area contributed by atoms with Crippen LogP contribution in [0.4, 0.5) is 0 Å². The minimum atomic E-state index is -0.294. The van der Waals surface area contributed by atoms with Gasteiger partial charge in [0.25, 0.3) is 0 Å². The second-order valence-corrected chi connectivity index (χ2v) is 9.36. The van der Waals surface area contributed by atoms with Gasteiger partial charge in [0.15, 0.2) is 0 Å². The Balaban J connectivity index is 0.000000248. The van der Waals surface area contributed by atoms with E-state index in [1.54, 1.807) is 30.3 Å². The van der Waals surface area contributed by atoms with Crippen LogP contribution in [0.25, 0.3) is 0 Å². The second-order valence-electron chi connectivity index (χ2n) is 9.36. The number of benzene rings is 2. The van der Waals surface area contributed by atoms with E-state index in [1.165, 1.54) is 44.3 Å². The molecule has 0 bridgehead atoms. The monoisotopic (exact) mass is 462 g/mol. The fourth-order valence-electron chi connectivity index (χ4n) is 3.62. The predicted octanol–water partition coefficient (Wildman–Crippen LogP) is 7.68. The van der Waals surface area contributed by atoms with Crippen molar-refractivity contribution in [2.24, 2.45) is 5.41 Å². The molecule has 0 radical (unpaired) electrons. The van der Waals surface area contributed by atoms with Crippen LogP contribution in [-0.4, -0.2) is 25.1 Å². The molecule has 0 amide bonds. The average molecular weight is 463 g/mol. The third-order valence-electron chi connectivity index (χ3n) is 5.79. The van der Waals surface area contributed by atoms with Gasteiger partial charge in [-0.3, -0.25) is 4.79 Å². The lowest BCUT2D eigenvalue weighted by molar-refractivity contribution is 0.103. The Hall–Kier alpha value is -3.27. The first-order valence-corrected chi connectivity index (χ1v) is 11.7. The van der Waals surface area contributed by atoms with E-state index in [0.717, 1.165) is 12.8 Å². The lowest BCUT2D eigenvalue weighted by Crippen LogP contribution is -2.05. The number of phenolic OH excluding ortho intramolecular Hbond substituents is 1. The summed E-state index contributed by atoms with van der Waals surface area (Å²) in [7, 11) is 2.92. The van der Waals surface area contributed by atoms with Crippen LogP contribution in [0.5, 0.6) is 17.2 Å². The molecule has 0 aromatic heterocycles. The number of carbonyl (C=O) groups excluding carboxylic acids is 1. The van der Waals surface area contributed by atoms with Gasteiger partial charge in [-0.25, -0.2) is 0 Å². The number of allylic oxidation sites excluding steroid dienone is 6. The summed E-state index contributed by atoms with van der Waals surface area (Å²) < 4.78 is 10.2. The van der Waals surface area contributed by atoms with Crippen LogP contribution in [0.1, 0.15) is 69.3 Å². The van der Waals surface area contributed by atoms with Gasteiger partial charge < -0.3 is 14.6 Å². The molecule has 0 aliphatic heterocycles. The molecule has 3 rings (SSSR count). The number of hydrogen-bond acceptors (Lipinski definition) is 4. The topological polar surface area (TPSA) is 55.8 Å². The molecule has 4 heteroatoms. The van der Waals surface area contributed by atoms with Gasteiger partial charge in [0.05, 0.1) is 14.2 Å². The molecule has 2 aromatic rings. The average Bonchev–Trinajstić information content (AvgIpc) is 2.84. The number of hydrogen-bond donors (Lipinski definition) is 1. The molecule has 0 saturated heterocycles. The van der Waals surface area contributed by atoms with Crippen molar-refractivity contribution in [1.82, 2.24) is 0 Å². The summed E-state index contributed by atoms with van der Waals surface area (Å²) in [6, 6.07) is 11.7. The zero-order valence-corrected chi connectivity index (χ0v) is 21.4. The predicted molar refractivity (Wildman–Crippen MR) is 140 cm³/mol. The van der Waals surface area contributed by atoms with Gasteiger partial charge >= 0.3 is 0 Å². The highest BCUT2D eigenvalue weighted by Gasteiger charge is 2.20. The largest absolute Gasteiger partial charge is 0.507 e. The third-order valence-corrected chi connectivity index (χ3v) is 5.79. The van der Waals surface area contributed by atoms with Gasteiger partial charge in [-0.2, -0.15) is 0 Å². The van der Waals surface area contributed by atoms with E-state index in [1.807, 2.05) is 6.07 Å². The molecule has 0 atom stereocenters. The first-order valence-electron chi connectivity index (χ1n) is 11.7. The Morgan fingerprint density at radius 2 is 1.68 bits per heavy atom. The highest BCUT2D eigenvalue weighted by Crippen LogP contribution is 2.34. The summed E-state index contributed by atoms with van der Waals surface area (Å²) in [5.74, 6) is 0.257. The van der Waals surface area contributed by atoms with Crippen molar-refractivity contribution in [3.63, 3.8) is 0 Å². The zero-order chi connectivity index (χ0) is 25.1. The van der Waals surface area contributed by atoms with Crippen LogP contribution in [0.15, 0.2) is 77.9 Å². The minimum Gasteiger partial charge on any atom is -0.507 e. The molecular formula is C30H38O4. The lowest BCUT2D eigenvalue weighted by Gasteiger charge is -2.18. The molecule has 34 heavy (non-hydrogen) atoms. The van der Waals surface area contributed by atoms with Crippen LogP contribution in [-0.2, 0) is 0 Å². The van der Waals surface area contributed by atoms with Gasteiger partial charge in [0, 0.05) is 17.7 Å². The molecule has 0 unspecified atom stereocenters. The normalized spacial score (nSPS) is 15.6. The number of aromatic hydroxyl groups is 1. The molecule has 0 fully saturated rings. The Labute approximate surface area is 204 Å². The number of carbonyl (C=O) groups is 1. The maximum absolute atomic E-state index is 12.4. The molecule has 0 spiro atoms. The SMILES string of the molecule is CC1=CCCC(C)=CCC(C)(C)C=CC1.COc1cc(O)c(C(=O)c2ccccc2)c(OC)c1. The number of rotatable bonds is 4. The molecule has 1 aliphatic rings. The molecular weight excluding hydrogens is 424 g/mol. The molecule has 182 valence electrons. The molecule has 0 heterocycles. The van der Waals surface area contributed by atoms with Crippen LogP contribution < -0.4 is 9.47 Å². The van der Waals surface area contributed by atoms with E-state index in [9.17, 15) is 9.90 Å². The van der Waals surface area contributed by atoms with E-state index in [2.05, 4.69) is 52.0 Å². The van der Waals surface area contributed by atoms with Crippen LogP contribution >= 0.6 is 0 Å². The fraction of sp³-hybridized carbons (Fsp3) is 0.367. The van der Waals surface area contributed by atoms with Crippen molar-refractivity contribution in [2.75, 3.05) is 14.2 Å². The summed E-state index contributed by atoms with van der Waals surface area (Å²) in [4.78, 5) is 12.4. The summed E-state index contributed by atoms with van der Waals surface area (Å²) in [5, 5.41) is 9.99. The Morgan fingerprint density at radius 1 is 0.971 bits per heavy atom. The van der Waals surface area contributed by atoms with Crippen LogP contribution in [0.2, 0.25) is 0 Å². The van der Waals surface area contributed by atoms with E-state index in [-0.39, 0.29) is 22.8 Å². The first kappa shape index (κ1) is 27.0. The fourth-order valence-corrected chi connectivity index (χ4v) is 3.62. The maximum atomic E-state index is 12.4. The van der Waals surface area contributed by atoms with E-state index in [4.69, 9.17) is 9.47 Å². The summed E-state index contributed by atoms with van der Waals surface area (Å²) in [5.41, 5.74) is 3.96. The molecule has 1 aliphatic carbocycles. The number of methoxy groups -OCH3 is 2. The zero-order valence-electron chi connectivity index (χ0n) is 21.4. The Bertz CT molecular complexity index is 1040. The Kier molecular flexibility index (Phi) is 10.2. The van der Waals surface area contributed by atoms with Gasteiger partial charge in [-0.15, -0.1) is 0 Å². The first-order chi connectivity index (χ1) is 16.2. The Morgan fingerprint density at radius 3 is 2.32 bits per heavy atom. The highest BCUT2D eigenvalue weighted by atomic mass is 16.5. The van der Waals surface area contributed by atoms with Crippen molar-refractivity contribution in [1.29, 1.82) is 0 Å². The quantitative estimate of drug-likeness (QED) is 0.374. The van der Waals surface area contributed by atoms with Gasteiger partial charge in [-0.1, -0.05) is 79.6 Å². The summed E-state index contributed by atoms with van der Waals surface area (Å²) in [6.07, 6.45) is 14.1. The smallest absolute Gasteiger partial charge is 0.200 e. The van der Waals surface area contributed by atoms with Gasteiger partial charge in [0.2, 0.25) is 5.78 Å². The summed E-state index contributed by atoms with van der Waals surface area (Å²) in [6.45, 7) is 9.10. The van der Waals surface area contributed by atoms with Crippen molar-refractivity contribution >= 4 is 5.78 Å². The van der Waals surface area contributed by atoms with Gasteiger partial charge in [0.1, 0.15) is 22.8 Å². The second kappa shape index (κ2) is 12.8. The lowest BCUT2D eigenvalue weighted by atomic mass is 9.87. The number of phenols is 1. The molecule has 4 nitrogen and oxygen atoms in total. The van der Waals surface area contributed by atoms with E-state index in [0.29, 0.717) is 16.7 Å². The van der Waals surface area contributed by atoms with Crippen molar-refractivity contribution < 1.29 is 19.4 Å². The molecule has 0 saturated carbocycles. The maximum Gasteiger partial charge on any atom is 0.200 e. The standard InChI is InChI=1S/C15H14O4.C15H24/c1-18-11-8-12(16)14(13(9-11)19-2)15(17)10-6-4-3-5-7-10;1-13-7-5-8-14(2)10-12-15(3,4)11-6-9-13/h3-9,16H,1-2H3;6-7,10-11H,5,8-9,12H2,1-4H3. The molecule has 2 aromatic carbocycles. The van der Waals surface area contributed by atoms with Crippen molar-refractivity contribution in [2.45, 2.75) is 53.4 Å². The minimum absolute atomic E-state index is 0.134. The highest BCUT2D eigenvalue weighted by molar-refractivity contribution is 6.12. The van der Waals surface area contributed by atoms with Gasteiger partial charge in [-0.05, 0) is 44.9 Å². The van der Waals surface area contributed by atoms with E-state index < -0.39 is 0 Å². The molecule has 1 N–H and O–H groups in total. The summed E-state index contributed by atoms with van der Waals surface area (Å²) >= 11 is 0. The number of ketones is 1. The van der Waals surface area contributed by atoms with Crippen molar-refractivity contribution in [3.8, 4) is 17.2 Å². The number of ether oxygens (including phenoxy) is 2. The van der Waals surface area contributed by atoms with Crippen LogP contribution in [0.3, 0.4) is 0 Å². The van der Waals surface area contributed by atoms with Crippen LogP contribution in [0, 0.1) is 5.41 Å². The van der Waals surface area contributed by atoms with E-state index >= 15 is 0 Å². The van der Waals surface area contributed by atoms with Crippen molar-refractivity contribution in [3.05, 3.63) is 89.0 Å². The third kappa shape index (κ3) is 8.26.